The molecule has 0 radical (unpaired) electrons. The molecule has 9 heteroatoms. The maximum atomic E-state index is 12.8. The number of hydrogen-bond donors (Lipinski definition) is 2. The van der Waals surface area contributed by atoms with Crippen LogP contribution in [0.15, 0.2) is 46.0 Å². The van der Waals surface area contributed by atoms with E-state index in [1.807, 2.05) is 22.6 Å². The largest absolute Gasteiger partial charge is 0.480 e. The summed E-state index contributed by atoms with van der Waals surface area (Å²) in [5.41, 5.74) is 3.76. The molecule has 136 valence electrons. The molecule has 0 spiro atoms. The summed E-state index contributed by atoms with van der Waals surface area (Å²) in [6, 6.07) is 9.08. The Balaban J connectivity index is 1.96. The molecule has 0 saturated heterocycles. The smallest absolute Gasteiger partial charge is 0.341 e. The lowest BCUT2D eigenvalue weighted by Crippen LogP contribution is -2.19. The van der Waals surface area contributed by atoms with Gasteiger partial charge in [0.2, 0.25) is 5.91 Å². The maximum absolute atomic E-state index is 12.8. The predicted octanol–water partition coefficient (Wildman–Crippen LogP) is 3.35. The van der Waals surface area contributed by atoms with Crippen molar-refractivity contribution in [3.05, 3.63) is 61.4 Å². The standard InChI is InChI=1S/C17H13BrFIN2O4/c18-13-5-11(6-14(20)17(13)26-9-16(24)25)8-21-22-15(23)7-10-1-3-12(19)4-2-10/h1-6,8H,7,9H2,(H,22,23)(H,24,25)/b21-8+. The lowest BCUT2D eigenvalue weighted by atomic mass is 10.1. The molecule has 1 amide bonds. The maximum Gasteiger partial charge on any atom is 0.341 e. The van der Waals surface area contributed by atoms with Crippen LogP contribution in [0.1, 0.15) is 11.1 Å². The van der Waals surface area contributed by atoms with Gasteiger partial charge in [0.1, 0.15) is 11.6 Å². The Labute approximate surface area is 170 Å². The van der Waals surface area contributed by atoms with Gasteiger partial charge in [0.15, 0.2) is 6.61 Å². The van der Waals surface area contributed by atoms with E-state index in [2.05, 4.69) is 26.5 Å². The third kappa shape index (κ3) is 6.37. The highest BCUT2D eigenvalue weighted by Crippen LogP contribution is 2.31. The van der Waals surface area contributed by atoms with Crippen LogP contribution in [0.5, 0.6) is 5.75 Å². The van der Waals surface area contributed by atoms with Crippen molar-refractivity contribution in [1.29, 1.82) is 0 Å². The number of carboxylic acid groups (broad SMARTS) is 1. The van der Waals surface area contributed by atoms with E-state index >= 15 is 0 Å². The first-order valence-electron chi connectivity index (χ1n) is 7.25. The zero-order chi connectivity index (χ0) is 19.1. The molecule has 26 heavy (non-hydrogen) atoms. The molecule has 0 heterocycles. The number of hydrogen-bond acceptors (Lipinski definition) is 4. The molecule has 6 nitrogen and oxygen atoms in total. The van der Waals surface area contributed by atoms with Crippen molar-refractivity contribution in [2.45, 2.75) is 6.42 Å². The number of carboxylic acids is 1. The van der Waals surface area contributed by atoms with Crippen LogP contribution in [0, 0.1) is 9.39 Å². The molecular formula is C17H13BrFIN2O4. The van der Waals surface area contributed by atoms with E-state index in [1.54, 1.807) is 12.1 Å². The summed E-state index contributed by atoms with van der Waals surface area (Å²) >= 11 is 5.33. The van der Waals surface area contributed by atoms with Crippen LogP contribution in [-0.4, -0.2) is 29.8 Å². The van der Waals surface area contributed by atoms with Gasteiger partial charge in [0.05, 0.1) is 20.7 Å². The van der Waals surface area contributed by atoms with Crippen molar-refractivity contribution < 1.29 is 23.8 Å². The van der Waals surface area contributed by atoms with Crippen molar-refractivity contribution in [3.8, 4) is 5.75 Å². The summed E-state index contributed by atoms with van der Waals surface area (Å²) in [4.78, 5) is 22.4. The number of nitrogens with zero attached hydrogens (tertiary/aromatic N) is 1. The van der Waals surface area contributed by atoms with Crippen LogP contribution in [0.2, 0.25) is 0 Å². The zero-order valence-electron chi connectivity index (χ0n) is 13.2. The fraction of sp³-hybridized carbons (Fsp3) is 0.118. The number of carbonyl (C=O) groups is 2. The lowest BCUT2D eigenvalue weighted by molar-refractivity contribution is -0.139. The average Bonchev–Trinajstić information content (AvgIpc) is 2.56. The molecule has 0 saturated carbocycles. The van der Waals surface area contributed by atoms with Gasteiger partial charge in [-0.2, -0.15) is 5.10 Å². The summed E-state index contributed by atoms with van der Waals surface area (Å²) in [6.45, 7) is -0.443. The number of benzene rings is 2. The van der Waals surface area contributed by atoms with Gasteiger partial charge < -0.3 is 9.84 Å². The van der Waals surface area contributed by atoms with Gasteiger partial charge in [0.25, 0.3) is 0 Å². The second kappa shape index (κ2) is 9.62. The Morgan fingerprint density at radius 2 is 2.00 bits per heavy atom. The average molecular weight is 535 g/mol. The van der Waals surface area contributed by atoms with Gasteiger partial charge in [-0.05, 0) is 73.9 Å². The van der Waals surface area contributed by atoms with E-state index in [0.717, 1.165) is 0 Å². The third-order valence-corrected chi connectivity index (χ3v) is 4.43. The predicted molar refractivity (Wildman–Crippen MR) is 106 cm³/mol. The van der Waals surface area contributed by atoms with Gasteiger partial charge in [-0.3, -0.25) is 4.79 Å². The van der Waals surface area contributed by atoms with Gasteiger partial charge in [-0.15, -0.1) is 0 Å². The molecular weight excluding hydrogens is 522 g/mol. The van der Waals surface area contributed by atoms with Gasteiger partial charge in [-0.1, -0.05) is 12.1 Å². The summed E-state index contributed by atoms with van der Waals surface area (Å²) in [6.07, 6.45) is 1.54. The SMILES string of the molecule is O=C(O)COc1c(Br)cc(/C=N/NC(=O)Cc2ccc(F)cc2)cc1I. The van der Waals surface area contributed by atoms with Crippen LogP contribution in [0.25, 0.3) is 0 Å². The minimum atomic E-state index is -1.07. The highest BCUT2D eigenvalue weighted by atomic mass is 127. The Kier molecular flexibility index (Phi) is 7.51. The first kappa shape index (κ1) is 20.3. The van der Waals surface area contributed by atoms with Crippen molar-refractivity contribution in [1.82, 2.24) is 5.43 Å². The summed E-state index contributed by atoms with van der Waals surface area (Å²) in [7, 11) is 0. The molecule has 0 aliphatic carbocycles. The zero-order valence-corrected chi connectivity index (χ0v) is 17.0. The molecule has 0 aliphatic rings. The van der Waals surface area contributed by atoms with Crippen LogP contribution >= 0.6 is 38.5 Å². The Morgan fingerprint density at radius 3 is 2.62 bits per heavy atom. The van der Waals surface area contributed by atoms with Crippen LogP contribution in [0.3, 0.4) is 0 Å². The van der Waals surface area contributed by atoms with Gasteiger partial charge in [0, 0.05) is 0 Å². The first-order valence-corrected chi connectivity index (χ1v) is 9.12. The topological polar surface area (TPSA) is 88.0 Å². The van der Waals surface area contributed by atoms with Crippen LogP contribution in [0.4, 0.5) is 4.39 Å². The van der Waals surface area contributed by atoms with E-state index in [4.69, 9.17) is 9.84 Å². The number of aliphatic carboxylic acids is 1. The van der Waals surface area contributed by atoms with E-state index in [-0.39, 0.29) is 18.1 Å². The molecule has 2 aromatic rings. The normalized spacial score (nSPS) is 10.7. The highest BCUT2D eigenvalue weighted by Gasteiger charge is 2.10. The Morgan fingerprint density at radius 1 is 1.31 bits per heavy atom. The summed E-state index contributed by atoms with van der Waals surface area (Å²) in [5.74, 6) is -1.33. The first-order chi connectivity index (χ1) is 12.3. The molecule has 0 fully saturated rings. The van der Waals surface area contributed by atoms with Crippen molar-refractivity contribution in [2.24, 2.45) is 5.10 Å². The van der Waals surface area contributed by atoms with Gasteiger partial charge in [-0.25, -0.2) is 14.6 Å². The molecule has 0 unspecified atom stereocenters. The molecule has 0 aromatic heterocycles. The second-order valence-corrected chi connectivity index (χ2v) is 7.11. The molecule has 2 aromatic carbocycles. The Bertz CT molecular complexity index is 820. The fourth-order valence-corrected chi connectivity index (χ4v) is 3.70. The summed E-state index contributed by atoms with van der Waals surface area (Å²) < 4.78 is 19.3. The fourth-order valence-electron chi connectivity index (χ4n) is 1.93. The number of halogens is 3. The molecule has 0 bridgehead atoms. The van der Waals surface area contributed by atoms with Crippen molar-refractivity contribution in [2.75, 3.05) is 6.61 Å². The Hall–Kier alpha value is -2.01. The number of nitrogens with one attached hydrogen (secondary N) is 1. The minimum Gasteiger partial charge on any atom is -0.480 e. The number of amides is 1. The van der Waals surface area contributed by atoms with E-state index < -0.39 is 12.6 Å². The monoisotopic (exact) mass is 534 g/mol. The van der Waals surface area contributed by atoms with E-state index in [9.17, 15) is 14.0 Å². The number of carbonyl (C=O) groups excluding carboxylic acids is 1. The van der Waals surface area contributed by atoms with Crippen LogP contribution < -0.4 is 10.2 Å². The molecule has 2 N–H and O–H groups in total. The minimum absolute atomic E-state index is 0.0841. The number of rotatable bonds is 7. The van der Waals surface area contributed by atoms with Crippen LogP contribution in [-0.2, 0) is 16.0 Å². The molecule has 0 aliphatic heterocycles. The quantitative estimate of drug-likeness (QED) is 0.324. The number of ether oxygens (including phenoxy) is 1. The van der Waals surface area contributed by atoms with Crippen molar-refractivity contribution in [3.63, 3.8) is 0 Å². The lowest BCUT2D eigenvalue weighted by Gasteiger charge is -2.09. The van der Waals surface area contributed by atoms with Gasteiger partial charge >= 0.3 is 5.97 Å². The number of hydrazone groups is 1. The molecule has 2 rings (SSSR count). The third-order valence-electron chi connectivity index (χ3n) is 3.04. The van der Waals surface area contributed by atoms with E-state index in [0.29, 0.717) is 24.9 Å². The molecule has 0 atom stereocenters. The highest BCUT2D eigenvalue weighted by molar-refractivity contribution is 14.1. The second-order valence-electron chi connectivity index (χ2n) is 5.09. The summed E-state index contributed by atoms with van der Waals surface area (Å²) in [5, 5.41) is 12.6. The van der Waals surface area contributed by atoms with Crippen molar-refractivity contribution >= 4 is 56.6 Å². The van der Waals surface area contributed by atoms with E-state index in [1.165, 1.54) is 30.5 Å².